The topological polar surface area (TPSA) is 25.0 Å². The van der Waals surface area contributed by atoms with E-state index in [9.17, 15) is 4.39 Å². The Bertz CT molecular complexity index is 173. The van der Waals surface area contributed by atoms with Crippen molar-refractivity contribution in [3.8, 4) is 5.75 Å². The molecule has 0 amide bonds. The van der Waals surface area contributed by atoms with Crippen molar-refractivity contribution in [3.63, 3.8) is 0 Å². The molecule has 0 spiro atoms. The highest BCUT2D eigenvalue weighted by molar-refractivity contribution is 5.17. The average molecular weight is 115 g/mol. The van der Waals surface area contributed by atoms with Crippen LogP contribution in [0.1, 0.15) is 0 Å². The first-order valence-corrected chi connectivity index (χ1v) is 2.21. The van der Waals surface area contributed by atoms with E-state index < -0.39 is 5.95 Å². The van der Waals surface area contributed by atoms with Crippen LogP contribution in [0.3, 0.4) is 0 Å². The van der Waals surface area contributed by atoms with Gasteiger partial charge in [-0.05, 0) is 0 Å². The van der Waals surface area contributed by atoms with Crippen LogP contribution in [0.2, 0.25) is 0 Å². The summed E-state index contributed by atoms with van der Waals surface area (Å²) < 4.78 is 16.7. The third-order valence-corrected chi connectivity index (χ3v) is 0.881. The summed E-state index contributed by atoms with van der Waals surface area (Å²) in [6, 6.07) is 1.52. The number of H-pyrrole nitrogens is 1. The van der Waals surface area contributed by atoms with Crippen molar-refractivity contribution in [2.75, 3.05) is 7.11 Å². The highest BCUT2D eigenvalue weighted by Gasteiger charge is 1.98. The van der Waals surface area contributed by atoms with Crippen LogP contribution in [0, 0.1) is 5.95 Å². The molecule has 1 heterocycles. The van der Waals surface area contributed by atoms with E-state index >= 15 is 0 Å². The maximum absolute atomic E-state index is 12.2. The smallest absolute Gasteiger partial charge is 0.233 e. The van der Waals surface area contributed by atoms with Gasteiger partial charge in [0.2, 0.25) is 5.95 Å². The average Bonchev–Trinajstić information content (AvgIpc) is 2.14. The molecule has 8 heavy (non-hydrogen) atoms. The molecule has 3 heteroatoms. The Morgan fingerprint density at radius 1 is 1.75 bits per heavy atom. The molecule has 1 N–H and O–H groups in total. The third-order valence-electron chi connectivity index (χ3n) is 0.881. The van der Waals surface area contributed by atoms with Gasteiger partial charge in [0, 0.05) is 12.3 Å². The second-order valence-corrected chi connectivity index (χ2v) is 1.36. The molecule has 0 bridgehead atoms. The number of aromatic nitrogens is 1. The molecule has 1 aromatic rings. The highest BCUT2D eigenvalue weighted by Crippen LogP contribution is 2.11. The molecule has 0 aliphatic rings. The maximum atomic E-state index is 12.2. The molecule has 0 radical (unpaired) electrons. The molecule has 44 valence electrons. The SMILES string of the molecule is COc1cc[nH]c1F. The van der Waals surface area contributed by atoms with Gasteiger partial charge in [0.1, 0.15) is 0 Å². The molecular formula is C5H6FNO. The van der Waals surface area contributed by atoms with Crippen molar-refractivity contribution in [1.82, 2.24) is 4.98 Å². The van der Waals surface area contributed by atoms with E-state index in [-0.39, 0.29) is 5.75 Å². The molecule has 0 fully saturated rings. The van der Waals surface area contributed by atoms with E-state index in [1.165, 1.54) is 19.4 Å². The second-order valence-electron chi connectivity index (χ2n) is 1.36. The van der Waals surface area contributed by atoms with Gasteiger partial charge >= 0.3 is 0 Å². The first-order chi connectivity index (χ1) is 3.84. The van der Waals surface area contributed by atoms with Gasteiger partial charge in [-0.25, -0.2) is 0 Å². The Balaban J connectivity index is 2.92. The summed E-state index contributed by atoms with van der Waals surface area (Å²) in [7, 11) is 1.42. The largest absolute Gasteiger partial charge is 0.492 e. The first kappa shape index (κ1) is 5.15. The van der Waals surface area contributed by atoms with Gasteiger partial charge in [-0.2, -0.15) is 4.39 Å². The van der Waals surface area contributed by atoms with Crippen LogP contribution in [-0.4, -0.2) is 12.1 Å². The zero-order valence-electron chi connectivity index (χ0n) is 4.44. The Morgan fingerprint density at radius 2 is 2.50 bits per heavy atom. The van der Waals surface area contributed by atoms with Gasteiger partial charge in [-0.1, -0.05) is 0 Å². The number of nitrogens with one attached hydrogen (secondary N) is 1. The first-order valence-electron chi connectivity index (χ1n) is 2.21. The van der Waals surface area contributed by atoms with Gasteiger partial charge in [-0.15, -0.1) is 0 Å². The molecule has 0 aromatic carbocycles. The van der Waals surface area contributed by atoms with Gasteiger partial charge in [0.05, 0.1) is 7.11 Å². The van der Waals surface area contributed by atoms with Crippen LogP contribution in [0.25, 0.3) is 0 Å². The Morgan fingerprint density at radius 3 is 2.75 bits per heavy atom. The number of halogens is 1. The van der Waals surface area contributed by atoms with Crippen molar-refractivity contribution < 1.29 is 9.13 Å². The molecule has 0 atom stereocenters. The number of rotatable bonds is 1. The van der Waals surface area contributed by atoms with Gasteiger partial charge in [-0.3, -0.25) is 0 Å². The van der Waals surface area contributed by atoms with Crippen LogP contribution in [0.4, 0.5) is 4.39 Å². The normalized spacial score (nSPS) is 9.25. The fourth-order valence-corrected chi connectivity index (χ4v) is 0.492. The number of hydrogen-bond donors (Lipinski definition) is 1. The third kappa shape index (κ3) is 0.665. The van der Waals surface area contributed by atoms with Crippen LogP contribution in [-0.2, 0) is 0 Å². The molecule has 0 unspecified atom stereocenters. The van der Waals surface area contributed by atoms with E-state index in [2.05, 4.69) is 9.72 Å². The predicted octanol–water partition coefficient (Wildman–Crippen LogP) is 1.16. The minimum absolute atomic E-state index is 0.255. The zero-order valence-corrected chi connectivity index (χ0v) is 4.44. The van der Waals surface area contributed by atoms with E-state index in [1.807, 2.05) is 0 Å². The summed E-state index contributed by atoms with van der Waals surface area (Å²) in [5.41, 5.74) is 0. The summed E-state index contributed by atoms with van der Waals surface area (Å²) in [4.78, 5) is 2.33. The molecular weight excluding hydrogens is 109 g/mol. The van der Waals surface area contributed by atoms with Gasteiger partial charge in [0.15, 0.2) is 5.75 Å². The van der Waals surface area contributed by atoms with Crippen molar-refractivity contribution in [2.45, 2.75) is 0 Å². The summed E-state index contributed by atoms with van der Waals surface area (Å²) in [5.74, 6) is -0.169. The van der Waals surface area contributed by atoms with Crippen LogP contribution in [0.15, 0.2) is 12.3 Å². The van der Waals surface area contributed by atoms with Gasteiger partial charge in [0.25, 0.3) is 0 Å². The lowest BCUT2D eigenvalue weighted by Gasteiger charge is -1.89. The lowest BCUT2D eigenvalue weighted by atomic mass is 10.6. The fourth-order valence-electron chi connectivity index (χ4n) is 0.492. The number of ether oxygens (including phenoxy) is 1. The Hall–Kier alpha value is -0.990. The molecule has 0 aliphatic heterocycles. The fraction of sp³-hybridized carbons (Fsp3) is 0.200. The summed E-state index contributed by atoms with van der Waals surface area (Å²) in [6.45, 7) is 0. The lowest BCUT2D eigenvalue weighted by Crippen LogP contribution is -1.81. The van der Waals surface area contributed by atoms with E-state index in [0.29, 0.717) is 0 Å². The van der Waals surface area contributed by atoms with Crippen LogP contribution >= 0.6 is 0 Å². The zero-order chi connectivity index (χ0) is 5.98. The minimum atomic E-state index is -0.424. The Labute approximate surface area is 46.3 Å². The standard InChI is InChI=1S/C5H6FNO/c1-8-4-2-3-7-5(4)6/h2-3,7H,1H3. The number of methoxy groups -OCH3 is 1. The minimum Gasteiger partial charge on any atom is -0.492 e. The van der Waals surface area contributed by atoms with E-state index in [4.69, 9.17) is 0 Å². The second kappa shape index (κ2) is 1.86. The molecule has 0 aliphatic carbocycles. The quantitative estimate of drug-likeness (QED) is 0.583. The van der Waals surface area contributed by atoms with Crippen molar-refractivity contribution >= 4 is 0 Å². The summed E-state index contributed by atoms with van der Waals surface area (Å²) >= 11 is 0. The Kier molecular flexibility index (Phi) is 1.20. The van der Waals surface area contributed by atoms with E-state index in [0.717, 1.165) is 0 Å². The monoisotopic (exact) mass is 115 g/mol. The van der Waals surface area contributed by atoms with Gasteiger partial charge < -0.3 is 9.72 Å². The molecule has 2 nitrogen and oxygen atoms in total. The number of hydrogen-bond acceptors (Lipinski definition) is 1. The predicted molar refractivity (Wildman–Crippen MR) is 27.3 cm³/mol. The number of aromatic amines is 1. The van der Waals surface area contributed by atoms with Crippen molar-refractivity contribution in [1.29, 1.82) is 0 Å². The molecule has 0 saturated carbocycles. The summed E-state index contributed by atoms with van der Waals surface area (Å²) in [5, 5.41) is 0. The van der Waals surface area contributed by atoms with Crippen LogP contribution < -0.4 is 4.74 Å². The summed E-state index contributed by atoms with van der Waals surface area (Å²) in [6.07, 6.45) is 1.48. The molecule has 1 rings (SSSR count). The van der Waals surface area contributed by atoms with Crippen molar-refractivity contribution in [2.24, 2.45) is 0 Å². The molecule has 0 saturated heterocycles. The van der Waals surface area contributed by atoms with Crippen LogP contribution in [0.5, 0.6) is 5.75 Å². The molecule has 1 aromatic heterocycles. The maximum Gasteiger partial charge on any atom is 0.233 e. The van der Waals surface area contributed by atoms with Crippen molar-refractivity contribution in [3.05, 3.63) is 18.2 Å². The highest BCUT2D eigenvalue weighted by atomic mass is 19.1. The van der Waals surface area contributed by atoms with E-state index in [1.54, 1.807) is 0 Å². The lowest BCUT2D eigenvalue weighted by molar-refractivity contribution is 0.384.